The molecule has 1 N–H and O–H groups in total. The summed E-state index contributed by atoms with van der Waals surface area (Å²) in [5.74, 6) is -4.05. The summed E-state index contributed by atoms with van der Waals surface area (Å²) in [5, 5.41) is 1.66. The lowest BCUT2D eigenvalue weighted by atomic mass is 10.0. The van der Waals surface area contributed by atoms with Crippen molar-refractivity contribution < 1.29 is 44.9 Å². The van der Waals surface area contributed by atoms with Crippen LogP contribution in [0.25, 0.3) is 0 Å². The molecule has 43 heavy (non-hydrogen) atoms. The Morgan fingerprint density at radius 1 is 0.930 bits per heavy atom. The Morgan fingerprint density at radius 3 is 2.00 bits per heavy atom. The van der Waals surface area contributed by atoms with Crippen molar-refractivity contribution in [3.05, 3.63) is 119 Å². The molecular formula is C29H23F3N2O7S2. The number of carbonyl (C=O) groups excluding carboxylic acids is 3. The van der Waals surface area contributed by atoms with E-state index in [1.54, 1.807) is 91.0 Å². The lowest BCUT2D eigenvalue weighted by Crippen LogP contribution is -2.70. The van der Waals surface area contributed by atoms with Crippen LogP contribution in [0.15, 0.2) is 102 Å². The molecule has 224 valence electrons. The van der Waals surface area contributed by atoms with Gasteiger partial charge in [0, 0.05) is 0 Å². The predicted molar refractivity (Wildman–Crippen MR) is 149 cm³/mol. The van der Waals surface area contributed by atoms with Crippen LogP contribution in [0.4, 0.5) is 13.2 Å². The molecule has 2 heterocycles. The fourth-order valence-corrected chi connectivity index (χ4v) is 6.40. The van der Waals surface area contributed by atoms with Gasteiger partial charge in [0.25, 0.3) is 5.91 Å². The lowest BCUT2D eigenvalue weighted by molar-refractivity contribution is -0.155. The first kappa shape index (κ1) is 30.2. The van der Waals surface area contributed by atoms with Crippen LogP contribution in [0, 0.1) is 0 Å². The zero-order valence-corrected chi connectivity index (χ0v) is 23.7. The summed E-state index contributed by atoms with van der Waals surface area (Å²) in [7, 11) is -6.18. The van der Waals surface area contributed by atoms with Gasteiger partial charge < -0.3 is 14.2 Å². The van der Waals surface area contributed by atoms with Gasteiger partial charge in [-0.15, -0.1) is 11.8 Å². The SMILES string of the molecule is O=C(Cc1ccccc1)N[C@@H]1C(=O)N2C(C(=O)OC(c3ccccc3)c3ccccc3)=C(OS(=O)(=O)C(F)(F)F)CS[C@H]12. The highest BCUT2D eigenvalue weighted by atomic mass is 32.2. The van der Waals surface area contributed by atoms with Crippen molar-refractivity contribution in [2.75, 3.05) is 5.75 Å². The molecule has 2 aliphatic heterocycles. The van der Waals surface area contributed by atoms with E-state index in [9.17, 15) is 36.0 Å². The Balaban J connectivity index is 1.46. The topological polar surface area (TPSA) is 119 Å². The number of β-lactam (4-membered cyclic amide) rings is 1. The molecular weight excluding hydrogens is 609 g/mol. The van der Waals surface area contributed by atoms with Gasteiger partial charge in [-0.3, -0.25) is 14.5 Å². The van der Waals surface area contributed by atoms with Crippen LogP contribution in [0.3, 0.4) is 0 Å². The van der Waals surface area contributed by atoms with Crippen LogP contribution in [-0.2, 0) is 39.8 Å². The Kier molecular flexibility index (Phi) is 8.51. The number of hydrogen-bond acceptors (Lipinski definition) is 8. The third-order valence-corrected chi connectivity index (χ3v) is 8.81. The average molecular weight is 633 g/mol. The molecule has 5 rings (SSSR count). The van der Waals surface area contributed by atoms with Crippen molar-refractivity contribution in [3.8, 4) is 0 Å². The lowest BCUT2D eigenvalue weighted by Gasteiger charge is -2.49. The Morgan fingerprint density at radius 2 is 1.47 bits per heavy atom. The molecule has 14 heteroatoms. The van der Waals surface area contributed by atoms with E-state index in [1.165, 1.54) is 0 Å². The van der Waals surface area contributed by atoms with Crippen molar-refractivity contribution in [2.45, 2.75) is 29.4 Å². The second-order valence-electron chi connectivity index (χ2n) is 9.48. The summed E-state index contributed by atoms with van der Waals surface area (Å²) in [6.07, 6.45) is -1.10. The normalized spacial score (nSPS) is 18.5. The van der Waals surface area contributed by atoms with Crippen LogP contribution in [0.2, 0.25) is 0 Å². The van der Waals surface area contributed by atoms with Gasteiger partial charge in [-0.1, -0.05) is 91.0 Å². The number of benzene rings is 3. The number of carbonyl (C=O) groups is 3. The summed E-state index contributed by atoms with van der Waals surface area (Å²) < 4.78 is 73.7. The van der Waals surface area contributed by atoms with E-state index in [4.69, 9.17) is 4.74 Å². The van der Waals surface area contributed by atoms with Gasteiger partial charge in [0.05, 0.1) is 12.2 Å². The minimum atomic E-state index is -6.18. The number of ether oxygens (including phenoxy) is 1. The van der Waals surface area contributed by atoms with E-state index < -0.39 is 68.1 Å². The fourth-order valence-electron chi connectivity index (χ4n) is 4.58. The van der Waals surface area contributed by atoms with Gasteiger partial charge in [0.15, 0.2) is 17.6 Å². The zero-order valence-electron chi connectivity index (χ0n) is 22.1. The molecule has 2 atom stereocenters. The molecule has 3 aromatic carbocycles. The summed E-state index contributed by atoms with van der Waals surface area (Å²) >= 11 is 0.833. The van der Waals surface area contributed by atoms with Crippen molar-refractivity contribution in [3.63, 3.8) is 0 Å². The van der Waals surface area contributed by atoms with Gasteiger partial charge in [-0.05, 0) is 16.7 Å². The number of halogens is 3. The second kappa shape index (κ2) is 12.1. The maximum atomic E-state index is 13.7. The van der Waals surface area contributed by atoms with Gasteiger partial charge in [-0.25, -0.2) is 4.79 Å². The third-order valence-electron chi connectivity index (χ3n) is 6.57. The average Bonchev–Trinajstić information content (AvgIpc) is 2.99. The largest absolute Gasteiger partial charge is 0.534 e. The maximum absolute atomic E-state index is 13.7. The third kappa shape index (κ3) is 6.39. The maximum Gasteiger partial charge on any atom is 0.534 e. The number of nitrogens with zero attached hydrogens (tertiary/aromatic N) is 1. The number of hydrogen-bond donors (Lipinski definition) is 1. The number of amides is 2. The van der Waals surface area contributed by atoms with Crippen LogP contribution in [0.5, 0.6) is 0 Å². The molecule has 0 saturated carbocycles. The Bertz CT molecular complexity index is 1610. The van der Waals surface area contributed by atoms with Gasteiger partial charge >= 0.3 is 21.6 Å². The zero-order chi connectivity index (χ0) is 30.8. The minimum Gasteiger partial charge on any atom is -0.448 e. The molecule has 1 saturated heterocycles. The summed E-state index contributed by atoms with van der Waals surface area (Å²) in [4.78, 5) is 40.4. The van der Waals surface area contributed by atoms with E-state index in [1.807, 2.05) is 0 Å². The van der Waals surface area contributed by atoms with E-state index >= 15 is 0 Å². The number of thioether (sulfide) groups is 1. The summed E-state index contributed by atoms with van der Waals surface area (Å²) in [6.45, 7) is 0. The van der Waals surface area contributed by atoms with E-state index in [2.05, 4.69) is 9.50 Å². The van der Waals surface area contributed by atoms with Crippen molar-refractivity contribution in [1.82, 2.24) is 10.2 Å². The Labute approximate surface area is 248 Å². The monoisotopic (exact) mass is 632 g/mol. The van der Waals surface area contributed by atoms with Crippen molar-refractivity contribution in [2.24, 2.45) is 0 Å². The predicted octanol–water partition coefficient (Wildman–Crippen LogP) is 4.04. The first-order valence-electron chi connectivity index (χ1n) is 12.8. The molecule has 0 radical (unpaired) electrons. The second-order valence-corrected chi connectivity index (χ2v) is 12.1. The van der Waals surface area contributed by atoms with E-state index in [0.717, 1.165) is 16.7 Å². The molecule has 3 aromatic rings. The number of rotatable bonds is 9. The van der Waals surface area contributed by atoms with E-state index in [0.29, 0.717) is 16.7 Å². The number of alkyl halides is 3. The van der Waals surface area contributed by atoms with Crippen LogP contribution >= 0.6 is 11.8 Å². The fraction of sp³-hybridized carbons (Fsp3) is 0.207. The highest BCUT2D eigenvalue weighted by molar-refractivity contribution is 8.00. The smallest absolute Gasteiger partial charge is 0.448 e. The first-order chi connectivity index (χ1) is 20.5. The first-order valence-corrected chi connectivity index (χ1v) is 15.2. The van der Waals surface area contributed by atoms with Crippen LogP contribution < -0.4 is 5.32 Å². The molecule has 1 fully saturated rings. The molecule has 0 aromatic heterocycles. The van der Waals surface area contributed by atoms with Gasteiger partial charge in [0.2, 0.25) is 5.91 Å². The van der Waals surface area contributed by atoms with Crippen LogP contribution in [0.1, 0.15) is 22.8 Å². The molecule has 0 spiro atoms. The standard InChI is InChI=1S/C29H23F3N2O7S2/c30-29(31,32)43(38,39)41-21-17-42-27-23(33-22(35)16-18-10-4-1-5-11-18)26(36)34(27)24(21)28(37)40-25(19-12-6-2-7-13-19)20-14-8-3-9-15-20/h1-15,23,25,27H,16-17H2,(H,33,35)/t23-,27-/m1/s1. The molecule has 0 bridgehead atoms. The number of nitrogens with one attached hydrogen (secondary N) is 1. The summed E-state index contributed by atoms with van der Waals surface area (Å²) in [5.41, 5.74) is -4.87. The minimum absolute atomic E-state index is 0.0409. The highest BCUT2D eigenvalue weighted by Gasteiger charge is 2.57. The quantitative estimate of drug-likeness (QED) is 0.163. The summed E-state index contributed by atoms with van der Waals surface area (Å²) in [6, 6.07) is 24.5. The highest BCUT2D eigenvalue weighted by Crippen LogP contribution is 2.43. The Hall–Kier alpha value is -4.30. The molecule has 0 aliphatic carbocycles. The van der Waals surface area contributed by atoms with E-state index in [-0.39, 0.29) is 6.42 Å². The molecule has 2 amide bonds. The van der Waals surface area contributed by atoms with Gasteiger partial charge in [0.1, 0.15) is 11.4 Å². The molecule has 2 aliphatic rings. The number of fused-ring (bicyclic) bond motifs is 1. The number of esters is 1. The van der Waals surface area contributed by atoms with Gasteiger partial charge in [-0.2, -0.15) is 21.6 Å². The van der Waals surface area contributed by atoms with Crippen molar-refractivity contribution >= 4 is 39.7 Å². The van der Waals surface area contributed by atoms with Crippen LogP contribution in [-0.4, -0.2) is 53.8 Å². The molecule has 0 unspecified atom stereocenters. The molecule has 9 nitrogen and oxygen atoms in total. The van der Waals surface area contributed by atoms with Crippen molar-refractivity contribution in [1.29, 1.82) is 0 Å².